The highest BCUT2D eigenvalue weighted by molar-refractivity contribution is 5.88. The molecule has 2 bridgehead atoms. The Labute approximate surface area is 228 Å². The van der Waals surface area contributed by atoms with Crippen molar-refractivity contribution in [2.24, 2.45) is 34.0 Å². The topological polar surface area (TPSA) is 78.9 Å². The summed E-state index contributed by atoms with van der Waals surface area (Å²) in [6, 6.07) is 0. The molecule has 6 heteroatoms. The van der Waals surface area contributed by atoms with Crippen LogP contribution in [-0.4, -0.2) is 36.7 Å². The monoisotopic (exact) mass is 526 g/mol. The minimum atomic E-state index is -0.614. The molecule has 0 saturated heterocycles. The summed E-state index contributed by atoms with van der Waals surface area (Å²) < 4.78 is 18.2. The largest absolute Gasteiger partial charge is 0.462 e. The van der Waals surface area contributed by atoms with Crippen LogP contribution in [0.5, 0.6) is 0 Å². The van der Waals surface area contributed by atoms with Crippen molar-refractivity contribution >= 4 is 17.9 Å². The van der Waals surface area contributed by atoms with E-state index in [1.54, 1.807) is 26.0 Å². The molecule has 0 N–H and O–H groups in total. The highest BCUT2D eigenvalue weighted by atomic mass is 16.6. The Bertz CT molecular complexity index is 1070. The van der Waals surface area contributed by atoms with Gasteiger partial charge in [-0.1, -0.05) is 38.2 Å². The van der Waals surface area contributed by atoms with E-state index in [1.807, 2.05) is 13.8 Å². The third kappa shape index (κ3) is 4.56. The van der Waals surface area contributed by atoms with E-state index < -0.39 is 5.41 Å². The van der Waals surface area contributed by atoms with Gasteiger partial charge in [-0.05, 0) is 95.8 Å². The number of esters is 3. The number of fused-ring (bicyclic) bond motifs is 3. The van der Waals surface area contributed by atoms with Crippen LogP contribution in [0.15, 0.2) is 35.5 Å². The van der Waals surface area contributed by atoms with Gasteiger partial charge in [0.15, 0.2) is 0 Å². The molecule has 1 spiro atoms. The molecular weight excluding hydrogens is 480 g/mol. The minimum absolute atomic E-state index is 0.0385. The number of hydrogen-bond acceptors (Lipinski definition) is 6. The number of ether oxygens (including phenoxy) is 3. The zero-order valence-corrected chi connectivity index (χ0v) is 24.4. The van der Waals surface area contributed by atoms with Gasteiger partial charge in [-0.25, -0.2) is 9.59 Å². The van der Waals surface area contributed by atoms with Gasteiger partial charge in [0.25, 0.3) is 0 Å². The van der Waals surface area contributed by atoms with E-state index in [1.165, 1.54) is 12.5 Å². The first-order valence-electron chi connectivity index (χ1n) is 14.3. The third-order valence-corrected chi connectivity index (χ3v) is 11.0. The molecule has 8 atom stereocenters. The Morgan fingerprint density at radius 1 is 0.921 bits per heavy atom. The van der Waals surface area contributed by atoms with Crippen molar-refractivity contribution in [1.82, 2.24) is 0 Å². The zero-order chi connectivity index (χ0) is 28.0. The first-order valence-corrected chi connectivity index (χ1v) is 14.3. The molecule has 0 radical (unpaired) electrons. The van der Waals surface area contributed by atoms with E-state index in [4.69, 9.17) is 14.2 Å². The fraction of sp³-hybridized carbons (Fsp3) is 0.719. The maximum absolute atomic E-state index is 13.1. The molecule has 0 aromatic carbocycles. The summed E-state index contributed by atoms with van der Waals surface area (Å²) in [4.78, 5) is 38.1. The molecule has 4 aliphatic rings. The van der Waals surface area contributed by atoms with Crippen LogP contribution < -0.4 is 0 Å². The van der Waals surface area contributed by atoms with E-state index in [-0.39, 0.29) is 53.5 Å². The number of allylic oxidation sites excluding steroid dienone is 3. The quantitative estimate of drug-likeness (QED) is 0.170. The molecule has 0 amide bonds. The molecule has 0 aromatic rings. The van der Waals surface area contributed by atoms with E-state index >= 15 is 0 Å². The number of rotatable bonds is 6. The number of carbonyl (C=O) groups is 3. The van der Waals surface area contributed by atoms with Crippen LogP contribution in [-0.2, 0) is 28.6 Å². The zero-order valence-electron chi connectivity index (χ0n) is 24.4. The fourth-order valence-electron chi connectivity index (χ4n) is 8.80. The van der Waals surface area contributed by atoms with Crippen molar-refractivity contribution in [1.29, 1.82) is 0 Å². The Hall–Kier alpha value is -2.37. The standard InChI is InChI=1S/C32H46O6/c1-9-19(3)28(34)36-18-31(8)25-15-27(38-29(35)20(4)10-2)32-16-21(5)23(17-32)11-12-24(32)30(25,7)14-13-26(31)37-22(6)33/h9-10,23-27H,5,11-18H2,1-4,6-8H3/b19-9+,20-10+/t23-,24+,25?,26-,27+,30+,31-,32+/m1/s1. The van der Waals surface area contributed by atoms with Gasteiger partial charge in [0.05, 0.1) is 0 Å². The summed E-state index contributed by atoms with van der Waals surface area (Å²) in [5.41, 5.74) is 1.65. The first kappa shape index (κ1) is 28.6. The van der Waals surface area contributed by atoms with Crippen molar-refractivity contribution in [3.63, 3.8) is 0 Å². The van der Waals surface area contributed by atoms with Gasteiger partial charge in [-0.2, -0.15) is 0 Å². The summed E-state index contributed by atoms with van der Waals surface area (Å²) in [6.07, 6.45) is 9.30. The second-order valence-corrected chi connectivity index (χ2v) is 12.9. The van der Waals surface area contributed by atoms with Crippen molar-refractivity contribution in [3.8, 4) is 0 Å². The SMILES string of the molecule is C=C1C[C@]23C[C@H]1CC[C@H]2[C@]1(C)CC[C@@H](OC(C)=O)[C@](C)(COC(=O)/C(C)=C/C)C1C[C@@H]3OC(=O)/C(C)=C/C. The normalized spacial score (nSPS) is 40.6. The van der Waals surface area contributed by atoms with Crippen LogP contribution in [0.3, 0.4) is 0 Å². The van der Waals surface area contributed by atoms with E-state index in [0.717, 1.165) is 38.5 Å². The summed E-state index contributed by atoms with van der Waals surface area (Å²) in [5, 5.41) is 0. The smallest absolute Gasteiger partial charge is 0.333 e. The van der Waals surface area contributed by atoms with Crippen LogP contribution in [0, 0.1) is 34.0 Å². The lowest BCUT2D eigenvalue weighted by Gasteiger charge is -2.66. The van der Waals surface area contributed by atoms with Crippen molar-refractivity contribution < 1.29 is 28.6 Å². The Morgan fingerprint density at radius 3 is 2.21 bits per heavy atom. The van der Waals surface area contributed by atoms with Crippen LogP contribution in [0.4, 0.5) is 0 Å². The van der Waals surface area contributed by atoms with Gasteiger partial charge in [-0.15, -0.1) is 0 Å². The van der Waals surface area contributed by atoms with E-state index in [0.29, 0.717) is 29.4 Å². The Kier molecular flexibility index (Phi) is 7.77. The summed E-state index contributed by atoms with van der Waals surface area (Å²) >= 11 is 0. The fourth-order valence-corrected chi connectivity index (χ4v) is 8.80. The molecule has 0 heterocycles. The molecule has 1 unspecified atom stereocenters. The highest BCUT2D eigenvalue weighted by Gasteiger charge is 2.70. The maximum Gasteiger partial charge on any atom is 0.333 e. The van der Waals surface area contributed by atoms with Gasteiger partial charge in [0.1, 0.15) is 18.8 Å². The second kappa shape index (κ2) is 10.3. The molecule has 4 fully saturated rings. The van der Waals surface area contributed by atoms with Crippen molar-refractivity contribution in [2.75, 3.05) is 6.61 Å². The predicted octanol–water partition coefficient (Wildman–Crippen LogP) is 6.49. The highest BCUT2D eigenvalue weighted by Crippen LogP contribution is 2.72. The molecule has 210 valence electrons. The average molecular weight is 527 g/mol. The molecule has 4 rings (SSSR count). The van der Waals surface area contributed by atoms with Gasteiger partial charge in [-0.3, -0.25) is 4.79 Å². The van der Waals surface area contributed by atoms with Gasteiger partial charge in [0.2, 0.25) is 0 Å². The minimum Gasteiger partial charge on any atom is -0.462 e. The molecule has 4 saturated carbocycles. The molecule has 0 aliphatic heterocycles. The van der Waals surface area contributed by atoms with Crippen LogP contribution in [0.2, 0.25) is 0 Å². The summed E-state index contributed by atoms with van der Waals surface area (Å²) in [6.45, 7) is 17.7. The van der Waals surface area contributed by atoms with Crippen LogP contribution >= 0.6 is 0 Å². The lowest BCUT2D eigenvalue weighted by molar-refractivity contribution is -0.242. The van der Waals surface area contributed by atoms with Crippen LogP contribution in [0.25, 0.3) is 0 Å². The number of carbonyl (C=O) groups excluding carboxylic acids is 3. The molecule has 0 aromatic heterocycles. The Morgan fingerprint density at radius 2 is 1.58 bits per heavy atom. The average Bonchev–Trinajstić information content (AvgIpc) is 3.13. The molecule has 6 nitrogen and oxygen atoms in total. The maximum atomic E-state index is 13.1. The Balaban J connectivity index is 1.77. The van der Waals surface area contributed by atoms with E-state index in [2.05, 4.69) is 20.4 Å². The van der Waals surface area contributed by atoms with E-state index in [9.17, 15) is 14.4 Å². The van der Waals surface area contributed by atoms with Gasteiger partial charge < -0.3 is 14.2 Å². The third-order valence-electron chi connectivity index (χ3n) is 11.0. The summed E-state index contributed by atoms with van der Waals surface area (Å²) in [7, 11) is 0. The van der Waals surface area contributed by atoms with Crippen LogP contribution in [0.1, 0.15) is 93.4 Å². The molecule has 38 heavy (non-hydrogen) atoms. The number of hydrogen-bond donors (Lipinski definition) is 0. The second-order valence-electron chi connectivity index (χ2n) is 12.9. The first-order chi connectivity index (χ1) is 17.8. The molecular formula is C32H46O6. The predicted molar refractivity (Wildman–Crippen MR) is 146 cm³/mol. The van der Waals surface area contributed by atoms with Crippen molar-refractivity contribution in [3.05, 3.63) is 35.5 Å². The summed E-state index contributed by atoms with van der Waals surface area (Å²) in [5.74, 6) is -0.0707. The lowest BCUT2D eigenvalue weighted by atomic mass is 9.40. The lowest BCUT2D eigenvalue weighted by Crippen LogP contribution is -2.66. The molecule has 4 aliphatic carbocycles. The van der Waals surface area contributed by atoms with Gasteiger partial charge >= 0.3 is 17.9 Å². The van der Waals surface area contributed by atoms with Crippen molar-refractivity contribution in [2.45, 2.75) is 106 Å². The van der Waals surface area contributed by atoms with Gasteiger partial charge in [0, 0.05) is 28.9 Å².